The van der Waals surface area contributed by atoms with Crippen LogP contribution < -0.4 is 5.32 Å². The van der Waals surface area contributed by atoms with E-state index in [1.807, 2.05) is 6.92 Å². The quantitative estimate of drug-likeness (QED) is 0.667. The fourth-order valence-electron chi connectivity index (χ4n) is 3.53. The molecule has 1 aliphatic heterocycles. The van der Waals surface area contributed by atoms with Crippen LogP contribution in [0.1, 0.15) is 39.0 Å². The molecule has 1 saturated carbocycles. The van der Waals surface area contributed by atoms with Gasteiger partial charge in [-0.15, -0.1) is 0 Å². The Balaban J connectivity index is 1.56. The van der Waals surface area contributed by atoms with E-state index >= 15 is 0 Å². The van der Waals surface area contributed by atoms with Crippen LogP contribution in [0.25, 0.3) is 0 Å². The normalized spacial score (nSPS) is 27.7. The maximum absolute atomic E-state index is 13.7. The molecule has 0 bridgehead atoms. The second kappa shape index (κ2) is 10.7. The third-order valence-electron chi connectivity index (χ3n) is 5.10. The Hall–Kier alpha value is -1.21. The predicted molar refractivity (Wildman–Crippen MR) is 91.9 cm³/mol. The van der Waals surface area contributed by atoms with E-state index in [0.717, 1.165) is 39.1 Å². The van der Waals surface area contributed by atoms with Gasteiger partial charge in [0, 0.05) is 32.1 Å². The first-order chi connectivity index (χ1) is 12.1. The van der Waals surface area contributed by atoms with Crippen LogP contribution in [0.15, 0.2) is 0 Å². The second-order valence-electron chi connectivity index (χ2n) is 6.99. The molecule has 1 N–H and O–H groups in total. The van der Waals surface area contributed by atoms with Gasteiger partial charge in [0.25, 0.3) is 0 Å². The Labute approximate surface area is 149 Å². The second-order valence-corrected chi connectivity index (χ2v) is 6.99. The highest BCUT2D eigenvalue weighted by Crippen LogP contribution is 2.33. The summed E-state index contributed by atoms with van der Waals surface area (Å²) in [6.45, 7) is 6.52. The molecule has 1 heterocycles. The van der Waals surface area contributed by atoms with Crippen LogP contribution >= 0.6 is 0 Å². The molecule has 2 aliphatic rings. The van der Waals surface area contributed by atoms with Gasteiger partial charge in [-0.25, -0.2) is 4.39 Å². The number of carbonyl (C=O) groups is 2. The number of alkyl halides is 1. The van der Waals surface area contributed by atoms with Gasteiger partial charge in [-0.2, -0.15) is 0 Å². The SMILES string of the molecule is CCC1CC(F)CC(C(=O)NCCC(=O)OCCN2CCOCC2)C1. The molecule has 1 amide bonds. The third kappa shape index (κ3) is 7.28. The molecule has 1 saturated heterocycles. The number of hydrogen-bond donors (Lipinski definition) is 1. The van der Waals surface area contributed by atoms with E-state index in [0.29, 0.717) is 26.0 Å². The minimum absolute atomic E-state index is 0.137. The van der Waals surface area contributed by atoms with E-state index < -0.39 is 6.17 Å². The van der Waals surface area contributed by atoms with E-state index in [-0.39, 0.29) is 36.7 Å². The van der Waals surface area contributed by atoms with Crippen LogP contribution in [0.4, 0.5) is 4.39 Å². The first-order valence-electron chi connectivity index (χ1n) is 9.46. The van der Waals surface area contributed by atoms with Gasteiger partial charge in [0.2, 0.25) is 5.91 Å². The van der Waals surface area contributed by atoms with Crippen molar-refractivity contribution in [2.75, 3.05) is 46.0 Å². The molecule has 3 unspecified atom stereocenters. The van der Waals surface area contributed by atoms with Crippen molar-refractivity contribution < 1.29 is 23.5 Å². The van der Waals surface area contributed by atoms with E-state index in [4.69, 9.17) is 9.47 Å². The molecular formula is C18H31FN2O4. The largest absolute Gasteiger partial charge is 0.464 e. The molecule has 3 atom stereocenters. The summed E-state index contributed by atoms with van der Waals surface area (Å²) < 4.78 is 24.2. The van der Waals surface area contributed by atoms with Gasteiger partial charge in [-0.1, -0.05) is 13.3 Å². The Kier molecular flexibility index (Phi) is 8.61. The summed E-state index contributed by atoms with van der Waals surface area (Å²) in [6, 6.07) is 0. The number of carbonyl (C=O) groups excluding carboxylic acids is 2. The zero-order valence-corrected chi connectivity index (χ0v) is 15.2. The van der Waals surface area contributed by atoms with E-state index in [9.17, 15) is 14.0 Å². The Bertz CT molecular complexity index is 429. The first-order valence-corrected chi connectivity index (χ1v) is 9.46. The minimum atomic E-state index is -0.889. The molecule has 2 rings (SSSR count). The monoisotopic (exact) mass is 358 g/mol. The Morgan fingerprint density at radius 3 is 2.72 bits per heavy atom. The molecule has 25 heavy (non-hydrogen) atoms. The number of nitrogens with zero attached hydrogens (tertiary/aromatic N) is 1. The van der Waals surface area contributed by atoms with Gasteiger partial charge in [0.05, 0.1) is 19.6 Å². The van der Waals surface area contributed by atoms with Crippen molar-refractivity contribution in [1.29, 1.82) is 0 Å². The summed E-state index contributed by atoms with van der Waals surface area (Å²) >= 11 is 0. The lowest BCUT2D eigenvalue weighted by Crippen LogP contribution is -2.39. The molecule has 2 fully saturated rings. The van der Waals surface area contributed by atoms with Crippen molar-refractivity contribution in [2.24, 2.45) is 11.8 Å². The number of esters is 1. The van der Waals surface area contributed by atoms with Gasteiger partial charge in [-0.3, -0.25) is 14.5 Å². The smallest absolute Gasteiger partial charge is 0.307 e. The lowest BCUT2D eigenvalue weighted by molar-refractivity contribution is -0.144. The number of nitrogens with one attached hydrogen (secondary N) is 1. The van der Waals surface area contributed by atoms with E-state index in [1.165, 1.54) is 0 Å². The summed E-state index contributed by atoms with van der Waals surface area (Å²) in [5.41, 5.74) is 0. The third-order valence-corrected chi connectivity index (χ3v) is 5.10. The first kappa shape index (κ1) is 20.1. The molecular weight excluding hydrogens is 327 g/mol. The summed E-state index contributed by atoms with van der Waals surface area (Å²) in [5, 5.41) is 2.75. The molecule has 0 spiro atoms. The van der Waals surface area contributed by atoms with Crippen molar-refractivity contribution in [1.82, 2.24) is 10.2 Å². The van der Waals surface area contributed by atoms with Crippen LogP contribution in [0.5, 0.6) is 0 Å². The van der Waals surface area contributed by atoms with Gasteiger partial charge >= 0.3 is 5.97 Å². The topological polar surface area (TPSA) is 67.9 Å². The van der Waals surface area contributed by atoms with Crippen LogP contribution in [0.2, 0.25) is 0 Å². The Morgan fingerprint density at radius 2 is 2.00 bits per heavy atom. The zero-order valence-electron chi connectivity index (χ0n) is 15.2. The molecule has 7 heteroatoms. The van der Waals surface area contributed by atoms with Crippen molar-refractivity contribution in [2.45, 2.75) is 45.2 Å². The number of morpholine rings is 1. The highest BCUT2D eigenvalue weighted by Gasteiger charge is 2.32. The molecule has 0 aromatic heterocycles. The molecule has 0 aromatic rings. The average Bonchev–Trinajstić information content (AvgIpc) is 2.62. The zero-order chi connectivity index (χ0) is 18.1. The summed E-state index contributed by atoms with van der Waals surface area (Å²) in [4.78, 5) is 26.1. The fourth-order valence-corrected chi connectivity index (χ4v) is 3.53. The number of halogens is 1. The van der Waals surface area contributed by atoms with Gasteiger partial charge in [0.1, 0.15) is 12.8 Å². The van der Waals surface area contributed by atoms with Crippen molar-refractivity contribution >= 4 is 11.9 Å². The van der Waals surface area contributed by atoms with E-state index in [2.05, 4.69) is 10.2 Å². The van der Waals surface area contributed by atoms with Crippen molar-refractivity contribution in [3.63, 3.8) is 0 Å². The summed E-state index contributed by atoms with van der Waals surface area (Å²) in [7, 11) is 0. The molecule has 0 radical (unpaired) electrons. The van der Waals surface area contributed by atoms with Crippen LogP contribution in [-0.2, 0) is 19.1 Å². The highest BCUT2D eigenvalue weighted by molar-refractivity contribution is 5.79. The molecule has 144 valence electrons. The van der Waals surface area contributed by atoms with Crippen LogP contribution in [0.3, 0.4) is 0 Å². The van der Waals surface area contributed by atoms with Gasteiger partial charge in [0.15, 0.2) is 0 Å². The molecule has 1 aliphatic carbocycles. The number of rotatable bonds is 8. The summed E-state index contributed by atoms with van der Waals surface area (Å²) in [6.07, 6.45) is 1.77. The number of ether oxygens (including phenoxy) is 2. The van der Waals surface area contributed by atoms with Crippen LogP contribution in [-0.4, -0.2) is 68.9 Å². The lowest BCUT2D eigenvalue weighted by Gasteiger charge is -2.30. The maximum Gasteiger partial charge on any atom is 0.307 e. The minimum Gasteiger partial charge on any atom is -0.464 e. The predicted octanol–water partition coefficient (Wildman–Crippen LogP) is 1.53. The van der Waals surface area contributed by atoms with Crippen LogP contribution in [0, 0.1) is 11.8 Å². The molecule has 6 nitrogen and oxygen atoms in total. The fraction of sp³-hybridized carbons (Fsp3) is 0.889. The van der Waals surface area contributed by atoms with Gasteiger partial charge in [-0.05, 0) is 25.2 Å². The average molecular weight is 358 g/mol. The van der Waals surface area contributed by atoms with Crippen molar-refractivity contribution in [3.8, 4) is 0 Å². The van der Waals surface area contributed by atoms with Gasteiger partial charge < -0.3 is 14.8 Å². The van der Waals surface area contributed by atoms with Crippen molar-refractivity contribution in [3.05, 3.63) is 0 Å². The molecule has 0 aromatic carbocycles. The Morgan fingerprint density at radius 1 is 1.24 bits per heavy atom. The number of amides is 1. The highest BCUT2D eigenvalue weighted by atomic mass is 19.1. The maximum atomic E-state index is 13.7. The summed E-state index contributed by atoms with van der Waals surface area (Å²) in [5.74, 6) is -0.440. The van der Waals surface area contributed by atoms with E-state index in [1.54, 1.807) is 0 Å². The lowest BCUT2D eigenvalue weighted by atomic mass is 9.79. The standard InChI is InChI=1S/C18H31FN2O4/c1-2-14-11-15(13-16(19)12-14)18(23)20-4-3-17(22)25-10-7-21-5-8-24-9-6-21/h14-16H,2-13H2,1H3,(H,20,23). The number of hydrogen-bond acceptors (Lipinski definition) is 5.